The molecule has 0 aromatic heterocycles. The minimum absolute atomic E-state index is 0.00398. The molecule has 2 aliphatic heterocycles. The van der Waals surface area contributed by atoms with Crippen molar-refractivity contribution < 1.29 is 22.8 Å². The van der Waals surface area contributed by atoms with Crippen molar-refractivity contribution in [2.45, 2.75) is 31.7 Å². The van der Waals surface area contributed by atoms with Crippen molar-refractivity contribution in [2.24, 2.45) is 4.99 Å². The molecule has 1 fully saturated rings. The van der Waals surface area contributed by atoms with E-state index in [9.17, 15) is 18.0 Å². The molecule has 3 rings (SSSR count). The van der Waals surface area contributed by atoms with Gasteiger partial charge in [0.2, 0.25) is 0 Å². The summed E-state index contributed by atoms with van der Waals surface area (Å²) in [5, 5.41) is 0. The Morgan fingerprint density at radius 1 is 1.17 bits per heavy atom. The predicted molar refractivity (Wildman–Crippen MR) is 76.8 cm³/mol. The average Bonchev–Trinajstić information content (AvgIpc) is 3.05. The van der Waals surface area contributed by atoms with E-state index in [0.717, 1.165) is 32.4 Å². The summed E-state index contributed by atoms with van der Waals surface area (Å²) < 4.78 is 37.5. The van der Waals surface area contributed by atoms with Gasteiger partial charge in [0.1, 0.15) is 0 Å². The summed E-state index contributed by atoms with van der Waals surface area (Å²) in [6.07, 6.45) is -3.62. The van der Waals surface area contributed by atoms with Gasteiger partial charge in [-0.1, -0.05) is 12.1 Å². The topological polar surface area (TPSA) is 53.9 Å². The van der Waals surface area contributed by atoms with Gasteiger partial charge in [-0.3, -0.25) is 4.79 Å². The Kier molecular flexibility index (Phi) is 4.25. The van der Waals surface area contributed by atoms with Gasteiger partial charge in [-0.25, -0.2) is 15.3 Å². The summed E-state index contributed by atoms with van der Waals surface area (Å²) in [4.78, 5) is 22.0. The van der Waals surface area contributed by atoms with Crippen molar-refractivity contribution in [3.8, 4) is 0 Å². The highest BCUT2D eigenvalue weighted by molar-refractivity contribution is 6.00. The van der Waals surface area contributed by atoms with E-state index in [1.165, 1.54) is 0 Å². The lowest BCUT2D eigenvalue weighted by atomic mass is 10.1. The number of piperidine rings is 1. The van der Waals surface area contributed by atoms with Crippen LogP contribution in [0.15, 0.2) is 29.3 Å². The van der Waals surface area contributed by atoms with Crippen LogP contribution in [0.4, 0.5) is 13.2 Å². The number of amides is 1. The van der Waals surface area contributed by atoms with Gasteiger partial charge in [-0.15, -0.1) is 0 Å². The second-order valence-electron chi connectivity index (χ2n) is 5.52. The number of aliphatic imine (C=N–C) groups is 1. The Hall–Kier alpha value is -2.09. The fourth-order valence-electron chi connectivity index (χ4n) is 2.61. The van der Waals surface area contributed by atoms with Crippen molar-refractivity contribution >= 4 is 11.7 Å². The molecule has 124 valence electrons. The molecule has 2 heterocycles. The normalized spacial score (nSPS) is 21.8. The zero-order chi connectivity index (χ0) is 16.4. The van der Waals surface area contributed by atoms with Gasteiger partial charge in [0.05, 0.1) is 0 Å². The van der Waals surface area contributed by atoms with Crippen molar-refractivity contribution in [1.82, 2.24) is 10.4 Å². The number of hydrogen-bond acceptors (Lipinski definition) is 4. The lowest BCUT2D eigenvalue weighted by Crippen LogP contribution is -2.35. The van der Waals surface area contributed by atoms with Gasteiger partial charge in [0.25, 0.3) is 12.1 Å². The summed E-state index contributed by atoms with van der Waals surface area (Å²) in [6, 6.07) is 6.31. The minimum Gasteiger partial charge on any atom is -0.339 e. The molecule has 1 aromatic carbocycles. The first kappa shape index (κ1) is 15.8. The van der Waals surface area contributed by atoms with Crippen LogP contribution in [-0.4, -0.2) is 42.1 Å². The Morgan fingerprint density at radius 2 is 1.83 bits per heavy atom. The number of alkyl halides is 3. The summed E-state index contributed by atoms with van der Waals surface area (Å²) in [5.74, 6) is -0.0497. The molecule has 1 amide bonds. The molecule has 0 spiro atoms. The van der Waals surface area contributed by atoms with E-state index in [1.54, 1.807) is 29.2 Å². The number of likely N-dealkylation sites (tertiary alicyclic amines) is 1. The van der Waals surface area contributed by atoms with Crippen LogP contribution in [-0.2, 0) is 4.84 Å². The molecule has 1 saturated heterocycles. The number of hydrogen-bond donors (Lipinski definition) is 1. The third-order valence-electron chi connectivity index (χ3n) is 3.84. The molecule has 23 heavy (non-hydrogen) atoms. The predicted octanol–water partition coefficient (Wildman–Crippen LogP) is 2.48. The van der Waals surface area contributed by atoms with Gasteiger partial charge in [0.15, 0.2) is 5.84 Å². The van der Waals surface area contributed by atoms with Gasteiger partial charge >= 0.3 is 6.18 Å². The van der Waals surface area contributed by atoms with Crippen LogP contribution in [0, 0.1) is 0 Å². The molecule has 0 saturated carbocycles. The first-order chi connectivity index (χ1) is 10.9. The first-order valence-electron chi connectivity index (χ1n) is 7.41. The maximum absolute atomic E-state index is 12.5. The van der Waals surface area contributed by atoms with Crippen molar-refractivity contribution in [3.05, 3.63) is 35.4 Å². The molecular formula is C15H16F3N3O2. The van der Waals surface area contributed by atoms with Crippen molar-refractivity contribution in [1.29, 1.82) is 0 Å². The molecule has 0 aliphatic carbocycles. The van der Waals surface area contributed by atoms with Crippen molar-refractivity contribution in [3.63, 3.8) is 0 Å². The van der Waals surface area contributed by atoms with Gasteiger partial charge in [-0.05, 0) is 31.4 Å². The highest BCUT2D eigenvalue weighted by atomic mass is 19.4. The van der Waals surface area contributed by atoms with Crippen LogP contribution in [0.5, 0.6) is 0 Å². The summed E-state index contributed by atoms with van der Waals surface area (Å²) in [6.45, 7) is 1.49. The van der Waals surface area contributed by atoms with Gasteiger partial charge in [0, 0.05) is 24.2 Å². The molecule has 0 radical (unpaired) electrons. The highest BCUT2D eigenvalue weighted by Crippen LogP contribution is 2.26. The highest BCUT2D eigenvalue weighted by Gasteiger charge is 2.44. The average molecular weight is 327 g/mol. The quantitative estimate of drug-likeness (QED) is 0.908. The van der Waals surface area contributed by atoms with E-state index < -0.39 is 12.4 Å². The van der Waals surface area contributed by atoms with Gasteiger partial charge in [-0.2, -0.15) is 13.2 Å². The fraction of sp³-hybridized carbons (Fsp3) is 0.467. The monoisotopic (exact) mass is 327 g/mol. The van der Waals surface area contributed by atoms with Crippen LogP contribution in [0.1, 0.15) is 35.2 Å². The second-order valence-corrected chi connectivity index (χ2v) is 5.52. The van der Waals surface area contributed by atoms with Crippen LogP contribution >= 0.6 is 0 Å². The maximum atomic E-state index is 12.5. The van der Waals surface area contributed by atoms with E-state index in [-0.39, 0.29) is 11.7 Å². The molecule has 5 nitrogen and oxygen atoms in total. The second kappa shape index (κ2) is 6.19. The van der Waals surface area contributed by atoms with Crippen LogP contribution in [0.2, 0.25) is 0 Å². The Balaban J connectivity index is 1.71. The molecule has 1 unspecified atom stereocenters. The lowest BCUT2D eigenvalue weighted by Gasteiger charge is -2.26. The fourth-order valence-corrected chi connectivity index (χ4v) is 2.61. The standard InChI is InChI=1S/C15H16F3N3O2/c16-15(17,18)14-19-12(20-23-14)10-4-6-11(7-5-10)13(22)21-8-2-1-3-9-21/h4-7,14H,1-3,8-9H2,(H,19,20). The number of carbonyl (C=O) groups is 1. The Morgan fingerprint density at radius 3 is 2.39 bits per heavy atom. The first-order valence-corrected chi connectivity index (χ1v) is 7.41. The number of amidine groups is 1. The number of benzene rings is 1. The molecule has 2 aliphatic rings. The molecule has 1 atom stereocenters. The van der Waals surface area contributed by atoms with Crippen LogP contribution in [0.25, 0.3) is 0 Å². The molecule has 1 N–H and O–H groups in total. The maximum Gasteiger partial charge on any atom is 0.437 e. The van der Waals surface area contributed by atoms with E-state index in [1.807, 2.05) is 0 Å². The number of carbonyl (C=O) groups excluding carboxylic acids is 1. The molecule has 1 aromatic rings. The third-order valence-corrected chi connectivity index (χ3v) is 3.84. The number of hydroxylamine groups is 1. The third kappa shape index (κ3) is 3.47. The number of halogens is 3. The van der Waals surface area contributed by atoms with E-state index in [2.05, 4.69) is 15.3 Å². The molecule has 0 bridgehead atoms. The number of rotatable bonds is 2. The summed E-state index contributed by atoms with van der Waals surface area (Å²) in [7, 11) is 0. The molecule has 8 heteroatoms. The summed E-state index contributed by atoms with van der Waals surface area (Å²) in [5.41, 5.74) is 3.13. The van der Waals surface area contributed by atoms with Crippen LogP contribution < -0.4 is 5.48 Å². The zero-order valence-corrected chi connectivity index (χ0v) is 12.3. The minimum atomic E-state index is -4.56. The smallest absolute Gasteiger partial charge is 0.339 e. The number of nitrogens with one attached hydrogen (secondary N) is 1. The lowest BCUT2D eigenvalue weighted by molar-refractivity contribution is -0.220. The summed E-state index contributed by atoms with van der Waals surface area (Å²) >= 11 is 0. The SMILES string of the molecule is O=C(c1ccc(C2=NC(C(F)(F)F)ON2)cc1)N1CCCCC1. The molecular weight excluding hydrogens is 311 g/mol. The van der Waals surface area contributed by atoms with Gasteiger partial charge < -0.3 is 4.90 Å². The van der Waals surface area contributed by atoms with E-state index >= 15 is 0 Å². The number of nitrogens with zero attached hydrogens (tertiary/aromatic N) is 2. The zero-order valence-electron chi connectivity index (χ0n) is 12.3. The van der Waals surface area contributed by atoms with Crippen molar-refractivity contribution in [2.75, 3.05) is 13.1 Å². The largest absolute Gasteiger partial charge is 0.437 e. The van der Waals surface area contributed by atoms with E-state index in [0.29, 0.717) is 11.1 Å². The van der Waals surface area contributed by atoms with E-state index in [4.69, 9.17) is 0 Å². The Bertz CT molecular complexity index is 607. The Labute approximate surface area is 131 Å². The van der Waals surface area contributed by atoms with Crippen LogP contribution in [0.3, 0.4) is 0 Å².